The molecule has 0 bridgehead atoms. The van der Waals surface area contributed by atoms with Crippen LogP contribution in [0.25, 0.3) is 11.1 Å². The van der Waals surface area contributed by atoms with Crippen molar-refractivity contribution in [1.82, 2.24) is 4.90 Å². The number of hydrogen-bond acceptors (Lipinski definition) is 4. The van der Waals surface area contributed by atoms with Gasteiger partial charge >= 0.3 is 6.09 Å². The van der Waals surface area contributed by atoms with Crippen molar-refractivity contribution in [2.24, 2.45) is 0 Å². The summed E-state index contributed by atoms with van der Waals surface area (Å²) in [6.07, 6.45) is 1.20. The van der Waals surface area contributed by atoms with Crippen LogP contribution in [-0.2, 0) is 9.47 Å². The normalized spacial score (nSPS) is 16.7. The van der Waals surface area contributed by atoms with Gasteiger partial charge in [-0.1, -0.05) is 48.5 Å². The molecule has 0 saturated carbocycles. The third-order valence-electron chi connectivity index (χ3n) is 4.98. The molecule has 1 heterocycles. The Kier molecular flexibility index (Phi) is 6.48. The second kappa shape index (κ2) is 9.02. The SMILES string of the molecule is CCOCN1CCC(C)(OC(=O)Nc2ccccc2-c2ccccc2)CC1. The van der Waals surface area contributed by atoms with Gasteiger partial charge in [-0.2, -0.15) is 0 Å². The van der Waals surface area contributed by atoms with Crippen molar-refractivity contribution < 1.29 is 14.3 Å². The van der Waals surface area contributed by atoms with Gasteiger partial charge in [-0.25, -0.2) is 4.79 Å². The summed E-state index contributed by atoms with van der Waals surface area (Å²) in [6.45, 7) is 7.09. The van der Waals surface area contributed by atoms with Gasteiger partial charge < -0.3 is 9.47 Å². The number of benzene rings is 2. The monoisotopic (exact) mass is 368 g/mol. The van der Waals surface area contributed by atoms with Crippen molar-refractivity contribution in [2.45, 2.75) is 32.3 Å². The second-order valence-corrected chi connectivity index (χ2v) is 7.12. The number of hydrogen-bond donors (Lipinski definition) is 1. The molecule has 5 nitrogen and oxygen atoms in total. The van der Waals surface area contributed by atoms with E-state index in [4.69, 9.17) is 9.47 Å². The van der Waals surface area contributed by atoms with E-state index in [1.165, 1.54) is 0 Å². The molecule has 0 aromatic heterocycles. The van der Waals surface area contributed by atoms with Crippen LogP contribution in [-0.4, -0.2) is 43.0 Å². The Morgan fingerprint density at radius 3 is 2.44 bits per heavy atom. The van der Waals surface area contributed by atoms with Crippen molar-refractivity contribution in [3.8, 4) is 11.1 Å². The standard InChI is InChI=1S/C22H28N2O3/c1-3-26-17-24-15-13-22(2,14-16-24)27-21(25)23-20-12-8-7-11-19(20)18-9-5-4-6-10-18/h4-12H,3,13-17H2,1-2H3,(H,23,25). The number of anilines is 1. The molecule has 1 aliphatic heterocycles. The minimum absolute atomic E-state index is 0.404. The number of likely N-dealkylation sites (tertiary alicyclic amines) is 1. The van der Waals surface area contributed by atoms with E-state index in [0.717, 1.165) is 42.7 Å². The van der Waals surface area contributed by atoms with E-state index < -0.39 is 11.7 Å². The molecule has 3 rings (SSSR count). The van der Waals surface area contributed by atoms with Gasteiger partial charge in [0.2, 0.25) is 0 Å². The van der Waals surface area contributed by atoms with E-state index in [1.54, 1.807) is 0 Å². The predicted molar refractivity (Wildman–Crippen MR) is 108 cm³/mol. The zero-order valence-corrected chi connectivity index (χ0v) is 16.1. The highest BCUT2D eigenvalue weighted by atomic mass is 16.6. The zero-order valence-electron chi connectivity index (χ0n) is 16.1. The maximum atomic E-state index is 12.6. The number of ether oxygens (including phenoxy) is 2. The molecule has 144 valence electrons. The van der Waals surface area contributed by atoms with Crippen LogP contribution < -0.4 is 5.32 Å². The molecule has 1 amide bonds. The molecule has 1 fully saturated rings. The molecule has 5 heteroatoms. The maximum Gasteiger partial charge on any atom is 0.412 e. The van der Waals surface area contributed by atoms with Gasteiger partial charge in [0.1, 0.15) is 5.60 Å². The highest BCUT2D eigenvalue weighted by Gasteiger charge is 2.33. The third kappa shape index (κ3) is 5.31. The van der Waals surface area contributed by atoms with E-state index >= 15 is 0 Å². The number of rotatable bonds is 6. The highest BCUT2D eigenvalue weighted by molar-refractivity contribution is 5.91. The summed E-state index contributed by atoms with van der Waals surface area (Å²) in [6, 6.07) is 17.8. The van der Waals surface area contributed by atoms with E-state index in [1.807, 2.05) is 68.4 Å². The van der Waals surface area contributed by atoms with Crippen LogP contribution in [0, 0.1) is 0 Å². The first-order valence-electron chi connectivity index (χ1n) is 9.54. The molecule has 0 spiro atoms. The Labute approximate surface area is 161 Å². The molecule has 27 heavy (non-hydrogen) atoms. The summed E-state index contributed by atoms with van der Waals surface area (Å²) in [4.78, 5) is 14.8. The molecule has 2 aromatic carbocycles. The molecule has 0 radical (unpaired) electrons. The second-order valence-electron chi connectivity index (χ2n) is 7.12. The van der Waals surface area contributed by atoms with Gasteiger partial charge in [0.25, 0.3) is 0 Å². The number of para-hydroxylation sites is 1. The van der Waals surface area contributed by atoms with E-state index in [9.17, 15) is 4.79 Å². The Hall–Kier alpha value is -2.37. The summed E-state index contributed by atoms with van der Waals surface area (Å²) in [5, 5.41) is 2.93. The van der Waals surface area contributed by atoms with Gasteiger partial charge in [-0.3, -0.25) is 10.2 Å². The first-order valence-corrected chi connectivity index (χ1v) is 9.54. The largest absolute Gasteiger partial charge is 0.443 e. The molecule has 0 unspecified atom stereocenters. The van der Waals surface area contributed by atoms with Crippen molar-refractivity contribution in [1.29, 1.82) is 0 Å². The van der Waals surface area contributed by atoms with Crippen LogP contribution >= 0.6 is 0 Å². The molecule has 0 atom stereocenters. The lowest BCUT2D eigenvalue weighted by molar-refractivity contribution is -0.0471. The van der Waals surface area contributed by atoms with Crippen molar-refractivity contribution in [2.75, 3.05) is 31.7 Å². The Morgan fingerprint density at radius 1 is 1.07 bits per heavy atom. The smallest absolute Gasteiger partial charge is 0.412 e. The van der Waals surface area contributed by atoms with Crippen LogP contribution in [0.2, 0.25) is 0 Å². The Balaban J connectivity index is 1.60. The van der Waals surface area contributed by atoms with Crippen LogP contribution in [0.3, 0.4) is 0 Å². The molecule has 1 N–H and O–H groups in total. The fourth-order valence-corrected chi connectivity index (χ4v) is 3.30. The van der Waals surface area contributed by atoms with Crippen LogP contribution in [0.4, 0.5) is 10.5 Å². The topological polar surface area (TPSA) is 50.8 Å². The average Bonchev–Trinajstić information content (AvgIpc) is 2.68. The van der Waals surface area contributed by atoms with Crippen LogP contribution in [0.5, 0.6) is 0 Å². The van der Waals surface area contributed by atoms with E-state index in [0.29, 0.717) is 13.3 Å². The number of piperidine rings is 1. The molecular weight excluding hydrogens is 340 g/mol. The number of nitrogens with one attached hydrogen (secondary N) is 1. The summed E-state index contributed by atoms with van der Waals surface area (Å²) >= 11 is 0. The first-order chi connectivity index (χ1) is 13.1. The molecule has 1 aliphatic rings. The van der Waals surface area contributed by atoms with Gasteiger partial charge in [-0.15, -0.1) is 0 Å². The van der Waals surface area contributed by atoms with Gasteiger partial charge in [0, 0.05) is 25.3 Å². The van der Waals surface area contributed by atoms with E-state index in [-0.39, 0.29) is 0 Å². The highest BCUT2D eigenvalue weighted by Crippen LogP contribution is 2.30. The molecule has 0 aliphatic carbocycles. The van der Waals surface area contributed by atoms with Gasteiger partial charge in [0.15, 0.2) is 0 Å². The Bertz CT molecular complexity index is 740. The van der Waals surface area contributed by atoms with Gasteiger partial charge in [-0.05, 0) is 38.3 Å². The minimum atomic E-state index is -0.450. The van der Waals surface area contributed by atoms with Gasteiger partial charge in [0.05, 0.1) is 12.4 Å². The first kappa shape index (κ1) is 19.4. The van der Waals surface area contributed by atoms with Crippen molar-refractivity contribution in [3.05, 3.63) is 54.6 Å². The molecule has 2 aromatic rings. The van der Waals surface area contributed by atoms with Crippen LogP contribution in [0.15, 0.2) is 54.6 Å². The number of nitrogens with zero attached hydrogens (tertiary/aromatic N) is 1. The minimum Gasteiger partial charge on any atom is -0.443 e. The van der Waals surface area contributed by atoms with E-state index in [2.05, 4.69) is 10.2 Å². The molecule has 1 saturated heterocycles. The fraction of sp³-hybridized carbons (Fsp3) is 0.409. The van der Waals surface area contributed by atoms with Crippen LogP contribution in [0.1, 0.15) is 26.7 Å². The summed E-state index contributed by atoms with van der Waals surface area (Å²) in [5.74, 6) is 0. The van der Waals surface area contributed by atoms with Crippen molar-refractivity contribution in [3.63, 3.8) is 0 Å². The lowest BCUT2D eigenvalue weighted by atomic mass is 9.94. The zero-order chi connectivity index (χ0) is 19.1. The fourth-order valence-electron chi connectivity index (χ4n) is 3.30. The maximum absolute atomic E-state index is 12.6. The summed E-state index contributed by atoms with van der Waals surface area (Å²) in [5.41, 5.74) is 2.34. The third-order valence-corrected chi connectivity index (χ3v) is 4.98. The Morgan fingerprint density at radius 2 is 1.74 bits per heavy atom. The molecular formula is C22H28N2O3. The average molecular weight is 368 g/mol. The lowest BCUT2D eigenvalue weighted by Gasteiger charge is -2.38. The summed E-state index contributed by atoms with van der Waals surface area (Å²) in [7, 11) is 0. The van der Waals surface area contributed by atoms with Crippen molar-refractivity contribution >= 4 is 11.8 Å². The summed E-state index contributed by atoms with van der Waals surface area (Å²) < 4.78 is 11.3. The quantitative estimate of drug-likeness (QED) is 0.799. The predicted octanol–water partition coefficient (Wildman–Crippen LogP) is 4.75. The number of carbonyl (C=O) groups excluding carboxylic acids is 1. The number of amides is 1. The lowest BCUT2D eigenvalue weighted by Crippen LogP contribution is -2.46. The number of carbonyl (C=O) groups is 1.